The van der Waals surface area contributed by atoms with Gasteiger partial charge in [0.05, 0.1) is 32.0 Å². The summed E-state index contributed by atoms with van der Waals surface area (Å²) < 4.78 is 22.9. The standard InChI is InChI=1S/C76H133NO13/c1-3-5-7-9-11-13-15-17-19-21-23-25-27-29-30-31-32-33-34-36-38-40-42-44-46-48-50-52-54-56-58-60-68(81)77-64(63-87-75-73(86)71(84)74(67(62-79)89-75)90-76-72(85)70(83)69(82)66(61-78)88-76)65(80)59-57-55-53-51-49-47-45-43-41-39-37-35-28-26-24-22-20-18-16-14-12-10-8-6-4-2/h5,7,11,13,17,19,23,25,29-30,32-33,49,51,57,59,64-67,69-76,78-80,82-86H,3-4,6,8-10,12,14-16,18,20-22,24,26-28,31,34-48,50,52-56,58,60-63H2,1-2H3,(H,77,81)/b7-5-,13-11-,19-17-,25-23-,30-29-,33-32-,51-49+,59-57+. The molecule has 14 heteroatoms. The molecule has 0 aromatic carbocycles. The Morgan fingerprint density at radius 2 is 0.778 bits per heavy atom. The van der Waals surface area contributed by atoms with Crippen molar-refractivity contribution in [1.82, 2.24) is 5.32 Å². The molecular weight excluding hydrogens is 1130 g/mol. The second kappa shape index (κ2) is 59.6. The number of rotatable bonds is 59. The molecule has 12 atom stereocenters. The molecule has 0 aliphatic carbocycles. The van der Waals surface area contributed by atoms with Crippen LogP contribution in [0.1, 0.15) is 284 Å². The molecule has 520 valence electrons. The zero-order valence-electron chi connectivity index (χ0n) is 56.6. The van der Waals surface area contributed by atoms with E-state index < -0.39 is 86.8 Å². The number of nitrogens with one attached hydrogen (secondary N) is 1. The van der Waals surface area contributed by atoms with E-state index in [1.807, 2.05) is 6.08 Å². The summed E-state index contributed by atoms with van der Waals surface area (Å²) in [5, 5.41) is 87.5. The summed E-state index contributed by atoms with van der Waals surface area (Å²) in [6, 6.07) is -0.940. The lowest BCUT2D eigenvalue weighted by Crippen LogP contribution is -2.65. The van der Waals surface area contributed by atoms with E-state index in [1.54, 1.807) is 6.08 Å². The lowest BCUT2D eigenvalue weighted by atomic mass is 9.97. The summed E-state index contributed by atoms with van der Waals surface area (Å²) in [5.41, 5.74) is 0. The van der Waals surface area contributed by atoms with Gasteiger partial charge in [0.15, 0.2) is 12.6 Å². The van der Waals surface area contributed by atoms with Crippen LogP contribution in [0.15, 0.2) is 97.2 Å². The van der Waals surface area contributed by atoms with E-state index in [1.165, 1.54) is 173 Å². The van der Waals surface area contributed by atoms with Gasteiger partial charge in [-0.15, -0.1) is 0 Å². The van der Waals surface area contributed by atoms with Crippen molar-refractivity contribution in [1.29, 1.82) is 0 Å². The predicted octanol–water partition coefficient (Wildman–Crippen LogP) is 15.3. The molecule has 2 fully saturated rings. The van der Waals surface area contributed by atoms with Gasteiger partial charge in [-0.05, 0) is 83.5 Å². The first kappa shape index (κ1) is 83.0. The van der Waals surface area contributed by atoms with Crippen molar-refractivity contribution >= 4 is 5.91 Å². The summed E-state index contributed by atoms with van der Waals surface area (Å²) in [7, 11) is 0. The molecule has 2 heterocycles. The van der Waals surface area contributed by atoms with Gasteiger partial charge in [0.2, 0.25) is 5.91 Å². The molecule has 0 radical (unpaired) electrons. The Balaban J connectivity index is 1.68. The van der Waals surface area contributed by atoms with Gasteiger partial charge in [-0.3, -0.25) is 4.79 Å². The van der Waals surface area contributed by atoms with Gasteiger partial charge >= 0.3 is 0 Å². The Kier molecular flexibility index (Phi) is 55.0. The van der Waals surface area contributed by atoms with Gasteiger partial charge in [-0.2, -0.15) is 0 Å². The third-order valence-corrected chi connectivity index (χ3v) is 17.3. The Morgan fingerprint density at radius 1 is 0.411 bits per heavy atom. The van der Waals surface area contributed by atoms with E-state index >= 15 is 0 Å². The molecule has 90 heavy (non-hydrogen) atoms. The quantitative estimate of drug-likeness (QED) is 0.0204. The summed E-state index contributed by atoms with van der Waals surface area (Å²) in [6.07, 6.45) is 67.5. The predicted molar refractivity (Wildman–Crippen MR) is 369 cm³/mol. The highest BCUT2D eigenvalue weighted by Gasteiger charge is 2.51. The number of carbonyl (C=O) groups is 1. The summed E-state index contributed by atoms with van der Waals surface area (Å²) >= 11 is 0. The largest absolute Gasteiger partial charge is 0.394 e. The Labute approximate surface area is 547 Å². The lowest BCUT2D eigenvalue weighted by molar-refractivity contribution is -0.359. The molecule has 0 spiro atoms. The summed E-state index contributed by atoms with van der Waals surface area (Å²) in [5.74, 6) is -0.252. The summed E-state index contributed by atoms with van der Waals surface area (Å²) in [4.78, 5) is 13.3. The van der Waals surface area contributed by atoms with Crippen molar-refractivity contribution in [3.8, 4) is 0 Å². The van der Waals surface area contributed by atoms with Crippen molar-refractivity contribution in [3.63, 3.8) is 0 Å². The number of carbonyl (C=O) groups excluding carboxylic acids is 1. The maximum atomic E-state index is 13.3. The molecule has 0 aromatic rings. The molecule has 9 N–H and O–H groups in total. The third kappa shape index (κ3) is 43.0. The molecule has 0 bridgehead atoms. The smallest absolute Gasteiger partial charge is 0.220 e. The molecular formula is C76H133NO13. The number of amides is 1. The third-order valence-electron chi connectivity index (χ3n) is 17.3. The van der Waals surface area contributed by atoms with Crippen LogP contribution in [0, 0.1) is 0 Å². The fraction of sp³-hybridized carbons (Fsp3) is 0.776. The Hall–Kier alpha value is -3.09. The minimum atomic E-state index is -1.80. The van der Waals surface area contributed by atoms with Crippen LogP contribution >= 0.6 is 0 Å². The van der Waals surface area contributed by atoms with Crippen molar-refractivity contribution in [3.05, 3.63) is 97.2 Å². The topological polar surface area (TPSA) is 228 Å². The van der Waals surface area contributed by atoms with Gasteiger partial charge in [-0.25, -0.2) is 0 Å². The molecule has 14 nitrogen and oxygen atoms in total. The number of hydrogen-bond donors (Lipinski definition) is 9. The monoisotopic (exact) mass is 1270 g/mol. The van der Waals surface area contributed by atoms with E-state index in [-0.39, 0.29) is 18.9 Å². The summed E-state index contributed by atoms with van der Waals surface area (Å²) in [6.45, 7) is 2.69. The van der Waals surface area contributed by atoms with Crippen LogP contribution in [0.3, 0.4) is 0 Å². The average Bonchev–Trinajstić information content (AvgIpc) is 1.42. The molecule has 2 rings (SSSR count). The molecule has 12 unspecified atom stereocenters. The highest BCUT2D eigenvalue weighted by atomic mass is 16.7. The van der Waals surface area contributed by atoms with Crippen LogP contribution in [-0.2, 0) is 23.7 Å². The highest BCUT2D eigenvalue weighted by molar-refractivity contribution is 5.76. The first-order valence-corrected chi connectivity index (χ1v) is 36.5. The van der Waals surface area contributed by atoms with Crippen LogP contribution in [0.5, 0.6) is 0 Å². The van der Waals surface area contributed by atoms with E-state index in [2.05, 4.69) is 104 Å². The number of aliphatic hydroxyl groups excluding tert-OH is 8. The van der Waals surface area contributed by atoms with Gasteiger partial charge in [0.25, 0.3) is 0 Å². The number of hydrogen-bond acceptors (Lipinski definition) is 13. The zero-order chi connectivity index (χ0) is 65.2. The van der Waals surface area contributed by atoms with Crippen LogP contribution in [0.2, 0.25) is 0 Å². The molecule has 0 saturated carbocycles. The van der Waals surface area contributed by atoms with Gasteiger partial charge < -0.3 is 65.1 Å². The minimum Gasteiger partial charge on any atom is -0.394 e. The molecule has 2 saturated heterocycles. The number of allylic oxidation sites excluding steroid dienone is 15. The van der Waals surface area contributed by atoms with E-state index in [0.29, 0.717) is 12.8 Å². The maximum Gasteiger partial charge on any atom is 0.220 e. The molecule has 2 aliphatic rings. The number of unbranched alkanes of at least 4 members (excludes halogenated alkanes) is 32. The average molecular weight is 1270 g/mol. The number of ether oxygens (including phenoxy) is 4. The van der Waals surface area contributed by atoms with Crippen molar-refractivity contribution in [2.75, 3.05) is 19.8 Å². The fourth-order valence-corrected chi connectivity index (χ4v) is 11.5. The van der Waals surface area contributed by atoms with Crippen LogP contribution < -0.4 is 5.32 Å². The Bertz CT molecular complexity index is 1880. The molecule has 2 aliphatic heterocycles. The van der Waals surface area contributed by atoms with E-state index in [9.17, 15) is 45.6 Å². The highest BCUT2D eigenvalue weighted by Crippen LogP contribution is 2.30. The number of aliphatic hydroxyl groups is 8. The van der Waals surface area contributed by atoms with Crippen LogP contribution in [0.4, 0.5) is 0 Å². The maximum absolute atomic E-state index is 13.3. The van der Waals surface area contributed by atoms with Crippen molar-refractivity contribution in [2.45, 2.75) is 357 Å². The van der Waals surface area contributed by atoms with E-state index in [0.717, 1.165) is 77.0 Å². The van der Waals surface area contributed by atoms with E-state index in [4.69, 9.17) is 18.9 Å². The fourth-order valence-electron chi connectivity index (χ4n) is 11.5. The van der Waals surface area contributed by atoms with Gasteiger partial charge in [0.1, 0.15) is 48.8 Å². The Morgan fingerprint density at radius 3 is 1.22 bits per heavy atom. The lowest BCUT2D eigenvalue weighted by Gasteiger charge is -2.46. The van der Waals surface area contributed by atoms with Crippen molar-refractivity contribution in [2.24, 2.45) is 0 Å². The SMILES string of the molecule is CC/C=C\C/C=C\C/C=C\C/C=C\C/C=C\C/C=C\CCCCCCCCCCCCCCC(=O)NC(COC1OC(CO)C(OC2OC(CO)C(O)C(O)C2O)C(O)C1O)C(O)/C=C/CC/C=C/CCCCCCCCCCCCCCCCCCCCC. The first-order chi connectivity index (χ1) is 44.1. The normalized spacial score (nSPS) is 23.5. The van der Waals surface area contributed by atoms with Crippen molar-refractivity contribution < 1.29 is 64.6 Å². The van der Waals surface area contributed by atoms with Gasteiger partial charge in [-0.1, -0.05) is 291 Å². The van der Waals surface area contributed by atoms with Crippen LogP contribution in [-0.4, -0.2) is 140 Å². The van der Waals surface area contributed by atoms with Crippen LogP contribution in [0.25, 0.3) is 0 Å². The zero-order valence-corrected chi connectivity index (χ0v) is 56.6. The minimum absolute atomic E-state index is 0.252. The second-order valence-electron chi connectivity index (χ2n) is 25.3. The van der Waals surface area contributed by atoms with Gasteiger partial charge in [0, 0.05) is 6.42 Å². The second-order valence-corrected chi connectivity index (χ2v) is 25.3. The first-order valence-electron chi connectivity index (χ1n) is 36.5. The molecule has 0 aromatic heterocycles. The molecule has 1 amide bonds.